The number of fused-ring (bicyclic) bond motifs is 1. The van der Waals surface area contributed by atoms with Gasteiger partial charge in [-0.15, -0.1) is 11.3 Å². The van der Waals surface area contributed by atoms with Gasteiger partial charge in [0.1, 0.15) is 0 Å². The maximum atomic E-state index is 12.3. The zero-order chi connectivity index (χ0) is 17.3. The van der Waals surface area contributed by atoms with E-state index in [4.69, 9.17) is 0 Å². The Morgan fingerprint density at radius 2 is 1.71 bits per heavy atom. The molecular weight excluding hydrogens is 344 g/mol. The fraction of sp³-hybridized carbons (Fsp3) is 0.118. The molecule has 0 aliphatic heterocycles. The van der Waals surface area contributed by atoms with Gasteiger partial charge in [-0.3, -0.25) is 4.79 Å². The minimum absolute atomic E-state index is 0.187. The summed E-state index contributed by atoms with van der Waals surface area (Å²) in [5.41, 5.74) is 0.551. The molecule has 24 heavy (non-hydrogen) atoms. The predicted molar refractivity (Wildman–Crippen MR) is 97.1 cm³/mol. The van der Waals surface area contributed by atoms with Gasteiger partial charge in [0.15, 0.2) is 0 Å². The molecule has 1 N–H and O–H groups in total. The predicted octanol–water partition coefficient (Wildman–Crippen LogP) is 3.40. The lowest BCUT2D eigenvalue weighted by atomic mass is 10.2. The second kappa shape index (κ2) is 6.35. The number of sulfonamides is 1. The minimum atomic E-state index is -3.47. The standard InChI is InChI=1S/C17H16N2O3S2/c1-19(2)24(21,22)14-9-7-13(8-10-14)18-17(20)16-11-12-5-3-4-6-15(12)23-16/h3-11H,1-2H3,(H,18,20). The van der Waals surface area contributed by atoms with Crippen molar-refractivity contribution in [3.8, 4) is 0 Å². The van der Waals surface area contributed by atoms with Gasteiger partial charge in [0.2, 0.25) is 10.0 Å². The number of hydrogen-bond acceptors (Lipinski definition) is 4. The van der Waals surface area contributed by atoms with Crippen molar-refractivity contribution >= 4 is 43.0 Å². The second-order valence-corrected chi connectivity index (χ2v) is 8.65. The number of hydrogen-bond donors (Lipinski definition) is 1. The van der Waals surface area contributed by atoms with Crippen molar-refractivity contribution in [2.45, 2.75) is 4.90 Å². The van der Waals surface area contributed by atoms with Crippen molar-refractivity contribution in [3.63, 3.8) is 0 Å². The van der Waals surface area contributed by atoms with Crippen LogP contribution in [-0.2, 0) is 10.0 Å². The molecule has 7 heteroatoms. The van der Waals surface area contributed by atoms with Crippen molar-refractivity contribution in [2.75, 3.05) is 19.4 Å². The molecule has 1 heterocycles. The molecule has 0 unspecified atom stereocenters. The van der Waals surface area contributed by atoms with Crippen molar-refractivity contribution in [1.29, 1.82) is 0 Å². The van der Waals surface area contributed by atoms with Gasteiger partial charge >= 0.3 is 0 Å². The van der Waals surface area contributed by atoms with Crippen LogP contribution in [-0.4, -0.2) is 32.7 Å². The molecule has 0 radical (unpaired) electrons. The third-order valence-corrected chi connectivity index (χ3v) is 6.48. The fourth-order valence-electron chi connectivity index (χ4n) is 2.21. The third-order valence-electron chi connectivity index (χ3n) is 3.54. The number of amides is 1. The van der Waals surface area contributed by atoms with Crippen LogP contribution in [0.4, 0.5) is 5.69 Å². The summed E-state index contributed by atoms with van der Waals surface area (Å²) in [4.78, 5) is 13.1. The van der Waals surface area contributed by atoms with Crippen LogP contribution in [0.15, 0.2) is 59.5 Å². The van der Waals surface area contributed by atoms with Crippen molar-refractivity contribution in [2.24, 2.45) is 0 Å². The zero-order valence-corrected chi connectivity index (χ0v) is 14.8. The summed E-state index contributed by atoms with van der Waals surface area (Å²) in [6.07, 6.45) is 0. The van der Waals surface area contributed by atoms with Gasteiger partial charge in [0, 0.05) is 24.5 Å². The Morgan fingerprint density at radius 1 is 1.04 bits per heavy atom. The zero-order valence-electron chi connectivity index (χ0n) is 13.2. The smallest absolute Gasteiger partial charge is 0.265 e. The van der Waals surface area contributed by atoms with E-state index in [9.17, 15) is 13.2 Å². The molecule has 3 aromatic rings. The normalized spacial score (nSPS) is 11.8. The Kier molecular flexibility index (Phi) is 4.40. The first-order valence-corrected chi connectivity index (χ1v) is 9.46. The lowest BCUT2D eigenvalue weighted by Gasteiger charge is -2.11. The maximum Gasteiger partial charge on any atom is 0.265 e. The molecule has 1 aromatic heterocycles. The average Bonchev–Trinajstić information content (AvgIpc) is 2.99. The number of anilines is 1. The van der Waals surface area contributed by atoms with Gasteiger partial charge < -0.3 is 5.32 Å². The molecular formula is C17H16N2O3S2. The molecule has 3 rings (SSSR count). The number of carbonyl (C=O) groups is 1. The quantitative estimate of drug-likeness (QED) is 0.775. The van der Waals surface area contributed by atoms with Crippen LogP contribution in [0.25, 0.3) is 10.1 Å². The van der Waals surface area contributed by atoms with E-state index >= 15 is 0 Å². The van der Waals surface area contributed by atoms with Crippen molar-refractivity contribution < 1.29 is 13.2 Å². The number of nitrogens with one attached hydrogen (secondary N) is 1. The van der Waals surface area contributed by atoms with E-state index in [0.29, 0.717) is 10.6 Å². The highest BCUT2D eigenvalue weighted by Crippen LogP contribution is 2.26. The van der Waals surface area contributed by atoms with Gasteiger partial charge in [-0.2, -0.15) is 0 Å². The van der Waals surface area contributed by atoms with E-state index in [1.165, 1.54) is 37.6 Å². The van der Waals surface area contributed by atoms with Gasteiger partial charge in [0.25, 0.3) is 5.91 Å². The highest BCUT2D eigenvalue weighted by atomic mass is 32.2. The van der Waals surface area contributed by atoms with E-state index in [-0.39, 0.29) is 10.8 Å². The Morgan fingerprint density at radius 3 is 2.33 bits per heavy atom. The van der Waals surface area contributed by atoms with E-state index in [1.807, 2.05) is 30.3 Å². The van der Waals surface area contributed by atoms with E-state index < -0.39 is 10.0 Å². The molecule has 124 valence electrons. The van der Waals surface area contributed by atoms with Crippen LogP contribution in [0.2, 0.25) is 0 Å². The Balaban J connectivity index is 1.79. The Labute approximate surface area is 144 Å². The van der Waals surface area contributed by atoms with Crippen LogP contribution in [0.5, 0.6) is 0 Å². The first-order chi connectivity index (χ1) is 11.4. The molecule has 0 saturated carbocycles. The summed E-state index contributed by atoms with van der Waals surface area (Å²) in [6, 6.07) is 15.8. The first-order valence-electron chi connectivity index (χ1n) is 7.20. The molecule has 1 amide bonds. The summed E-state index contributed by atoms with van der Waals surface area (Å²) in [6.45, 7) is 0. The molecule has 0 bridgehead atoms. The fourth-order valence-corrected chi connectivity index (χ4v) is 4.07. The number of rotatable bonds is 4. The highest BCUT2D eigenvalue weighted by molar-refractivity contribution is 7.89. The largest absolute Gasteiger partial charge is 0.321 e. The third kappa shape index (κ3) is 3.19. The molecule has 0 aliphatic rings. The maximum absolute atomic E-state index is 12.3. The van der Waals surface area contributed by atoms with E-state index in [0.717, 1.165) is 14.4 Å². The topological polar surface area (TPSA) is 66.5 Å². The Hall–Kier alpha value is -2.22. The Bertz CT molecular complexity index is 957. The summed E-state index contributed by atoms with van der Waals surface area (Å²) in [7, 11) is -0.512. The molecule has 2 aromatic carbocycles. The lowest BCUT2D eigenvalue weighted by Crippen LogP contribution is -2.22. The van der Waals surface area contributed by atoms with Crippen LogP contribution in [0, 0.1) is 0 Å². The van der Waals surface area contributed by atoms with Gasteiger partial charge in [-0.05, 0) is 41.8 Å². The number of nitrogens with zero attached hydrogens (tertiary/aromatic N) is 1. The van der Waals surface area contributed by atoms with E-state index in [1.54, 1.807) is 12.1 Å². The van der Waals surface area contributed by atoms with Crippen LogP contribution >= 0.6 is 11.3 Å². The van der Waals surface area contributed by atoms with Gasteiger partial charge in [0.05, 0.1) is 9.77 Å². The molecule has 0 fully saturated rings. The second-order valence-electron chi connectivity index (χ2n) is 5.41. The lowest BCUT2D eigenvalue weighted by molar-refractivity contribution is 0.103. The van der Waals surface area contributed by atoms with Crippen molar-refractivity contribution in [1.82, 2.24) is 4.31 Å². The summed E-state index contributed by atoms with van der Waals surface area (Å²) < 4.78 is 26.3. The highest BCUT2D eigenvalue weighted by Gasteiger charge is 2.17. The monoisotopic (exact) mass is 360 g/mol. The minimum Gasteiger partial charge on any atom is -0.321 e. The van der Waals surface area contributed by atoms with Gasteiger partial charge in [-0.1, -0.05) is 18.2 Å². The summed E-state index contributed by atoms with van der Waals surface area (Å²) in [5.74, 6) is -0.209. The van der Waals surface area contributed by atoms with Crippen LogP contribution in [0.1, 0.15) is 9.67 Å². The number of thiophene rings is 1. The molecule has 0 aliphatic carbocycles. The van der Waals surface area contributed by atoms with Crippen LogP contribution < -0.4 is 5.32 Å². The molecule has 0 spiro atoms. The van der Waals surface area contributed by atoms with Crippen molar-refractivity contribution in [3.05, 3.63) is 59.5 Å². The number of carbonyl (C=O) groups excluding carboxylic acids is 1. The van der Waals surface area contributed by atoms with Crippen LogP contribution in [0.3, 0.4) is 0 Å². The SMILES string of the molecule is CN(C)S(=O)(=O)c1ccc(NC(=O)c2cc3ccccc3s2)cc1. The summed E-state index contributed by atoms with van der Waals surface area (Å²) >= 11 is 1.42. The first kappa shape index (κ1) is 16.6. The number of benzene rings is 2. The van der Waals surface area contributed by atoms with Gasteiger partial charge in [-0.25, -0.2) is 12.7 Å². The molecule has 5 nitrogen and oxygen atoms in total. The van der Waals surface area contributed by atoms with E-state index in [2.05, 4.69) is 5.32 Å². The average molecular weight is 360 g/mol. The molecule has 0 saturated heterocycles. The summed E-state index contributed by atoms with van der Waals surface area (Å²) in [5, 5.41) is 3.82. The molecule has 0 atom stereocenters.